The lowest BCUT2D eigenvalue weighted by Crippen LogP contribution is -2.15. The molecule has 5 rings (SSSR count). The Morgan fingerprint density at radius 1 is 1.21 bits per heavy atom. The summed E-state index contributed by atoms with van der Waals surface area (Å²) < 4.78 is 4.03. The molecule has 9 heteroatoms. The molecular weight excluding hydrogens is 434 g/mol. The first-order valence-corrected chi connectivity index (χ1v) is 12.0. The summed E-state index contributed by atoms with van der Waals surface area (Å²) in [5.41, 5.74) is 5.25. The van der Waals surface area contributed by atoms with Gasteiger partial charge in [-0.1, -0.05) is 0 Å². The minimum atomic E-state index is -0.169. The summed E-state index contributed by atoms with van der Waals surface area (Å²) in [7, 11) is 1.83. The molecule has 1 aliphatic rings. The molecule has 0 unspecified atom stereocenters. The lowest BCUT2D eigenvalue weighted by molar-refractivity contribution is 0.102. The van der Waals surface area contributed by atoms with Crippen LogP contribution in [0.3, 0.4) is 0 Å². The third-order valence-electron chi connectivity index (χ3n) is 5.93. The van der Waals surface area contributed by atoms with Crippen molar-refractivity contribution < 1.29 is 4.79 Å². The molecule has 1 amide bonds. The number of aromatic nitrogens is 5. The van der Waals surface area contributed by atoms with E-state index in [1.165, 1.54) is 24.2 Å². The molecule has 3 aromatic heterocycles. The zero-order chi connectivity index (χ0) is 23.1. The fraction of sp³-hybridized carbons (Fsp3) is 0.333. The summed E-state index contributed by atoms with van der Waals surface area (Å²) in [4.78, 5) is 18.8. The first-order valence-electron chi connectivity index (χ1n) is 11.1. The normalized spacial score (nSPS) is 13.5. The monoisotopic (exact) mass is 461 g/mol. The second-order valence-electron chi connectivity index (χ2n) is 8.72. The number of rotatable bonds is 7. The van der Waals surface area contributed by atoms with Gasteiger partial charge < -0.3 is 19.8 Å². The summed E-state index contributed by atoms with van der Waals surface area (Å²) in [6.07, 6.45) is 8.07. The summed E-state index contributed by atoms with van der Waals surface area (Å²) in [5.74, 6) is 1.22. The number of nitrogens with one attached hydrogen (secondary N) is 2. The summed E-state index contributed by atoms with van der Waals surface area (Å²) in [5, 5.41) is 16.4. The quantitative estimate of drug-likeness (QED) is 0.392. The van der Waals surface area contributed by atoms with Crippen molar-refractivity contribution in [2.45, 2.75) is 45.6 Å². The molecule has 0 spiro atoms. The number of carbonyl (C=O) groups excluding carboxylic acids is 1. The van der Waals surface area contributed by atoms with Gasteiger partial charge in [0.25, 0.3) is 5.91 Å². The van der Waals surface area contributed by atoms with Gasteiger partial charge in [0.2, 0.25) is 0 Å². The molecular formula is C24H27N7OS. The predicted octanol–water partition coefficient (Wildman–Crippen LogP) is 5.25. The smallest absolute Gasteiger partial charge is 0.257 e. The first kappa shape index (κ1) is 21.4. The molecule has 0 bridgehead atoms. The molecule has 0 radical (unpaired) electrons. The molecule has 3 heterocycles. The van der Waals surface area contributed by atoms with Crippen LogP contribution in [0.5, 0.6) is 0 Å². The van der Waals surface area contributed by atoms with Gasteiger partial charge in [-0.15, -0.1) is 21.5 Å². The number of thiophene rings is 1. The second kappa shape index (κ2) is 8.47. The molecule has 1 fully saturated rings. The number of amides is 1. The van der Waals surface area contributed by atoms with Crippen molar-refractivity contribution in [2.75, 3.05) is 17.7 Å². The number of benzene rings is 1. The molecule has 0 saturated heterocycles. The Labute approximate surface area is 196 Å². The number of nitrogens with zero attached hydrogens (tertiary/aromatic N) is 5. The third kappa shape index (κ3) is 4.16. The standard InChI is InChI=1S/C24H27N7OS/c1-14(2)31-13-27-29-23(31)22-8-17(11-33-22)28-24(32)18-9-21(15(3)7-19(18)25-4)30-10-20(26-12-30)16-5-6-16/h7-14,16,25H,5-6H2,1-4H3,(H,28,32). The van der Waals surface area contributed by atoms with Crippen molar-refractivity contribution in [2.24, 2.45) is 0 Å². The highest BCUT2D eigenvalue weighted by atomic mass is 32.1. The van der Waals surface area contributed by atoms with Crippen LogP contribution >= 0.6 is 11.3 Å². The Hall–Kier alpha value is -3.46. The zero-order valence-corrected chi connectivity index (χ0v) is 20.0. The van der Waals surface area contributed by atoms with Crippen molar-refractivity contribution in [3.8, 4) is 16.4 Å². The Bertz CT molecular complexity index is 1310. The van der Waals surface area contributed by atoms with Crippen LogP contribution in [0.4, 0.5) is 11.4 Å². The van der Waals surface area contributed by atoms with E-state index < -0.39 is 0 Å². The third-order valence-corrected chi connectivity index (χ3v) is 6.86. The first-order chi connectivity index (χ1) is 15.9. The van der Waals surface area contributed by atoms with Crippen LogP contribution < -0.4 is 10.6 Å². The molecule has 1 aromatic carbocycles. The molecule has 0 aliphatic heterocycles. The average molecular weight is 462 g/mol. The van der Waals surface area contributed by atoms with E-state index in [9.17, 15) is 4.79 Å². The maximum absolute atomic E-state index is 13.3. The van der Waals surface area contributed by atoms with Crippen LogP contribution in [0.15, 0.2) is 42.4 Å². The highest BCUT2D eigenvalue weighted by Gasteiger charge is 2.26. The van der Waals surface area contributed by atoms with Crippen LogP contribution in [0.25, 0.3) is 16.4 Å². The molecule has 2 N–H and O–H groups in total. The number of hydrogen-bond donors (Lipinski definition) is 2. The van der Waals surface area contributed by atoms with Gasteiger partial charge in [-0.2, -0.15) is 0 Å². The van der Waals surface area contributed by atoms with Gasteiger partial charge in [0.1, 0.15) is 6.33 Å². The molecule has 4 aromatic rings. The highest BCUT2D eigenvalue weighted by Crippen LogP contribution is 2.39. The molecule has 0 atom stereocenters. The minimum absolute atomic E-state index is 0.169. The number of hydrogen-bond acceptors (Lipinski definition) is 6. The van der Waals surface area contributed by atoms with Crippen molar-refractivity contribution in [3.05, 3.63) is 59.3 Å². The average Bonchev–Trinajstić information content (AvgIpc) is 3.20. The summed E-state index contributed by atoms with van der Waals surface area (Å²) in [6.45, 7) is 6.22. The number of aryl methyl sites for hydroxylation is 1. The Kier molecular flexibility index (Phi) is 5.49. The van der Waals surface area contributed by atoms with Gasteiger partial charge >= 0.3 is 0 Å². The number of imidazole rings is 1. The molecule has 1 aliphatic carbocycles. The summed E-state index contributed by atoms with van der Waals surface area (Å²) in [6, 6.07) is 6.13. The molecule has 33 heavy (non-hydrogen) atoms. The van der Waals surface area contributed by atoms with E-state index in [2.05, 4.69) is 45.9 Å². The van der Waals surface area contributed by atoms with Crippen LogP contribution in [0.2, 0.25) is 0 Å². The molecule has 8 nitrogen and oxygen atoms in total. The molecule has 170 valence electrons. The van der Waals surface area contributed by atoms with Crippen LogP contribution in [-0.4, -0.2) is 37.3 Å². The minimum Gasteiger partial charge on any atom is -0.387 e. The van der Waals surface area contributed by atoms with E-state index >= 15 is 0 Å². The van der Waals surface area contributed by atoms with E-state index in [0.717, 1.165) is 39.0 Å². The zero-order valence-electron chi connectivity index (χ0n) is 19.2. The lowest BCUT2D eigenvalue weighted by atomic mass is 10.1. The van der Waals surface area contributed by atoms with E-state index in [1.54, 1.807) is 6.33 Å². The molecule has 1 saturated carbocycles. The SMILES string of the molecule is CNc1cc(C)c(-n2cnc(C3CC3)c2)cc1C(=O)Nc1csc(-c2nncn2C(C)C)c1. The van der Waals surface area contributed by atoms with Crippen LogP contribution in [-0.2, 0) is 0 Å². The Balaban J connectivity index is 1.42. The predicted molar refractivity (Wildman–Crippen MR) is 131 cm³/mol. The maximum Gasteiger partial charge on any atom is 0.257 e. The Morgan fingerprint density at radius 2 is 2.03 bits per heavy atom. The van der Waals surface area contributed by atoms with E-state index in [0.29, 0.717) is 11.5 Å². The Morgan fingerprint density at radius 3 is 2.76 bits per heavy atom. The number of carbonyl (C=O) groups is 1. The van der Waals surface area contributed by atoms with Crippen molar-refractivity contribution in [3.63, 3.8) is 0 Å². The van der Waals surface area contributed by atoms with Gasteiger partial charge in [0, 0.05) is 36.3 Å². The summed E-state index contributed by atoms with van der Waals surface area (Å²) >= 11 is 1.53. The van der Waals surface area contributed by atoms with E-state index in [1.807, 2.05) is 53.0 Å². The largest absolute Gasteiger partial charge is 0.387 e. The highest BCUT2D eigenvalue weighted by molar-refractivity contribution is 7.14. The number of anilines is 2. The van der Waals surface area contributed by atoms with Crippen molar-refractivity contribution in [1.82, 2.24) is 24.3 Å². The topological polar surface area (TPSA) is 89.7 Å². The van der Waals surface area contributed by atoms with Crippen LogP contribution in [0.1, 0.15) is 60.3 Å². The van der Waals surface area contributed by atoms with Crippen molar-refractivity contribution >= 4 is 28.6 Å². The van der Waals surface area contributed by atoms with Gasteiger partial charge in [0.05, 0.1) is 33.8 Å². The van der Waals surface area contributed by atoms with Gasteiger partial charge in [-0.05, 0) is 57.4 Å². The fourth-order valence-corrected chi connectivity index (χ4v) is 4.77. The fourth-order valence-electron chi connectivity index (χ4n) is 3.94. The van der Waals surface area contributed by atoms with E-state index in [-0.39, 0.29) is 11.9 Å². The van der Waals surface area contributed by atoms with Gasteiger partial charge in [0.15, 0.2) is 5.82 Å². The lowest BCUT2D eigenvalue weighted by Gasteiger charge is -2.14. The maximum atomic E-state index is 13.3. The van der Waals surface area contributed by atoms with Crippen LogP contribution in [0, 0.1) is 6.92 Å². The van der Waals surface area contributed by atoms with Gasteiger partial charge in [-0.3, -0.25) is 4.79 Å². The van der Waals surface area contributed by atoms with Crippen molar-refractivity contribution in [1.29, 1.82) is 0 Å². The second-order valence-corrected chi connectivity index (χ2v) is 9.63. The van der Waals surface area contributed by atoms with E-state index in [4.69, 9.17) is 0 Å². The van der Waals surface area contributed by atoms with Gasteiger partial charge in [-0.25, -0.2) is 4.98 Å².